The van der Waals surface area contributed by atoms with Gasteiger partial charge < -0.3 is 15.2 Å². The number of likely N-dealkylation sites (tertiary alicyclic amines) is 1. The summed E-state index contributed by atoms with van der Waals surface area (Å²) in [4.78, 5) is 12.5. The third-order valence-corrected chi connectivity index (χ3v) is 4.10. The number of carbonyl (C=O) groups excluding carboxylic acids is 1. The second kappa shape index (κ2) is 7.89. The van der Waals surface area contributed by atoms with Gasteiger partial charge in [-0.25, -0.2) is 8.42 Å². The van der Waals surface area contributed by atoms with Gasteiger partial charge in [0.15, 0.2) is 6.54 Å². The maximum absolute atomic E-state index is 11.1. The van der Waals surface area contributed by atoms with Gasteiger partial charge in [0.2, 0.25) is 0 Å². The third kappa shape index (κ3) is 5.11. The monoisotopic (exact) mass is 325 g/mol. The van der Waals surface area contributed by atoms with Gasteiger partial charge >= 0.3 is 0 Å². The van der Waals surface area contributed by atoms with Crippen LogP contribution in [0.3, 0.4) is 0 Å². The van der Waals surface area contributed by atoms with E-state index in [1.54, 1.807) is 17.0 Å². The molecule has 3 N–H and O–H groups in total. The highest BCUT2D eigenvalue weighted by Gasteiger charge is 2.28. The molecule has 1 amide bonds. The molecule has 0 radical (unpaired) electrons. The second-order valence-corrected chi connectivity index (χ2v) is 6.27. The molecule has 0 unspecified atom stereocenters. The van der Waals surface area contributed by atoms with Crippen LogP contribution in [-0.2, 0) is 14.9 Å². The van der Waals surface area contributed by atoms with Crippen LogP contribution in [0.2, 0.25) is 0 Å². The molecule has 1 aromatic rings. The summed E-state index contributed by atoms with van der Waals surface area (Å²) in [6.45, 7) is 2.81. The van der Waals surface area contributed by atoms with E-state index in [2.05, 4.69) is 11.8 Å². The molecule has 0 aliphatic carbocycles. The van der Waals surface area contributed by atoms with Crippen molar-refractivity contribution < 1.29 is 23.5 Å². The molecule has 0 spiro atoms. The van der Waals surface area contributed by atoms with Gasteiger partial charge in [-0.05, 0) is 31.9 Å². The fourth-order valence-corrected chi connectivity index (χ4v) is 2.52. The van der Waals surface area contributed by atoms with E-state index in [-0.39, 0.29) is 23.4 Å². The van der Waals surface area contributed by atoms with Crippen LogP contribution in [0.5, 0.6) is 0 Å². The lowest BCUT2D eigenvalue weighted by molar-refractivity contribution is -0.357. The summed E-state index contributed by atoms with van der Waals surface area (Å²) in [5.74, 6) is -0.00551. The highest BCUT2D eigenvalue weighted by molar-refractivity contribution is 7.85. The minimum absolute atomic E-state index is 0.00551. The van der Waals surface area contributed by atoms with Crippen LogP contribution < -0.4 is 5.73 Å². The van der Waals surface area contributed by atoms with E-state index < -0.39 is 10.1 Å². The molecule has 1 atom stereocenters. The Balaban J connectivity index is 0.000000220. The Morgan fingerprint density at radius 1 is 1.45 bits per heavy atom. The topological polar surface area (TPSA) is 129 Å². The first-order valence-electron chi connectivity index (χ1n) is 6.80. The van der Waals surface area contributed by atoms with E-state index in [0.717, 1.165) is 24.9 Å². The zero-order chi connectivity index (χ0) is 16.8. The Labute approximate surface area is 130 Å². The highest BCUT2D eigenvalue weighted by atomic mass is 32.2. The molecule has 1 aliphatic rings. The fraction of sp³-hybridized carbons (Fsp3) is 0.429. The SMILES string of the molecule is Cc1ccc(S(=O)(=O)[O-])cc1.N#C[C@@H]1CCCN1C(=O)C[NH3+]. The molecule has 8 heteroatoms. The van der Waals surface area contributed by atoms with Crippen molar-refractivity contribution in [1.29, 1.82) is 5.26 Å². The highest BCUT2D eigenvalue weighted by Crippen LogP contribution is 2.15. The number of nitriles is 1. The van der Waals surface area contributed by atoms with Gasteiger partial charge in [0.1, 0.15) is 16.2 Å². The van der Waals surface area contributed by atoms with Crippen LogP contribution in [-0.4, -0.2) is 42.9 Å². The Hall–Kier alpha value is -1.95. The zero-order valence-electron chi connectivity index (χ0n) is 12.4. The number of amides is 1. The average molecular weight is 325 g/mol. The van der Waals surface area contributed by atoms with Crippen molar-refractivity contribution in [3.05, 3.63) is 29.8 Å². The Morgan fingerprint density at radius 2 is 2.05 bits per heavy atom. The summed E-state index contributed by atoms with van der Waals surface area (Å²) in [5, 5.41) is 8.62. The van der Waals surface area contributed by atoms with Gasteiger partial charge in [0, 0.05) is 6.54 Å². The zero-order valence-corrected chi connectivity index (χ0v) is 13.2. The molecule has 1 heterocycles. The molecular formula is C14H19N3O4S. The molecule has 1 fully saturated rings. The van der Waals surface area contributed by atoms with Gasteiger partial charge in [-0.1, -0.05) is 17.7 Å². The molecule has 0 bridgehead atoms. The van der Waals surface area contributed by atoms with Crippen molar-refractivity contribution in [3.63, 3.8) is 0 Å². The predicted octanol–water partition coefficient (Wildman–Crippen LogP) is -0.358. The summed E-state index contributed by atoms with van der Waals surface area (Å²) >= 11 is 0. The number of carbonyl (C=O) groups is 1. The number of benzene rings is 1. The number of hydrogen-bond acceptors (Lipinski definition) is 5. The lowest BCUT2D eigenvalue weighted by Crippen LogP contribution is -2.58. The van der Waals surface area contributed by atoms with Crippen molar-refractivity contribution in [3.8, 4) is 6.07 Å². The predicted molar refractivity (Wildman–Crippen MR) is 77.2 cm³/mol. The first-order valence-corrected chi connectivity index (χ1v) is 8.21. The van der Waals surface area contributed by atoms with Crippen molar-refractivity contribution in [1.82, 2.24) is 4.90 Å². The lowest BCUT2D eigenvalue weighted by Gasteiger charge is -2.16. The van der Waals surface area contributed by atoms with Crippen LogP contribution in [0.15, 0.2) is 29.2 Å². The molecular weight excluding hydrogens is 306 g/mol. The second-order valence-electron chi connectivity index (χ2n) is 4.89. The Kier molecular flexibility index (Phi) is 6.49. The van der Waals surface area contributed by atoms with Gasteiger partial charge in [0.05, 0.1) is 11.0 Å². The molecule has 2 rings (SSSR count). The normalized spacial score (nSPS) is 17.4. The van der Waals surface area contributed by atoms with Gasteiger partial charge in [-0.2, -0.15) is 5.26 Å². The summed E-state index contributed by atoms with van der Waals surface area (Å²) in [5.41, 5.74) is 4.43. The summed E-state index contributed by atoms with van der Waals surface area (Å²) < 4.78 is 31.2. The van der Waals surface area contributed by atoms with Crippen LogP contribution in [0.25, 0.3) is 0 Å². The van der Waals surface area contributed by atoms with E-state index in [1.807, 2.05) is 6.92 Å². The molecule has 22 heavy (non-hydrogen) atoms. The minimum Gasteiger partial charge on any atom is -0.744 e. The van der Waals surface area contributed by atoms with E-state index in [0.29, 0.717) is 0 Å². The largest absolute Gasteiger partial charge is 0.744 e. The van der Waals surface area contributed by atoms with Crippen molar-refractivity contribution in [2.75, 3.05) is 13.1 Å². The molecule has 1 aliphatic heterocycles. The standard InChI is InChI=1S/C7H11N3O.C7H8O3S/c8-4-6-2-1-3-10(6)7(11)5-9;1-6-2-4-7(5-3-6)11(8,9)10/h6H,1-3,5,9H2;2-5H,1H3,(H,8,9,10)/t6-;/m0./s1. The molecule has 7 nitrogen and oxygen atoms in total. The van der Waals surface area contributed by atoms with Crippen molar-refractivity contribution in [2.24, 2.45) is 0 Å². The van der Waals surface area contributed by atoms with Gasteiger partial charge in [-0.3, -0.25) is 4.79 Å². The summed E-state index contributed by atoms with van der Waals surface area (Å²) in [6, 6.07) is 7.70. The third-order valence-electron chi connectivity index (χ3n) is 3.25. The number of nitrogens with zero attached hydrogens (tertiary/aromatic N) is 2. The maximum atomic E-state index is 11.1. The van der Waals surface area contributed by atoms with Gasteiger partial charge in [0.25, 0.3) is 5.91 Å². The quantitative estimate of drug-likeness (QED) is 0.742. The van der Waals surface area contributed by atoms with Crippen LogP contribution in [0.1, 0.15) is 18.4 Å². The number of hydrogen-bond donors (Lipinski definition) is 1. The molecule has 1 aromatic carbocycles. The minimum atomic E-state index is -4.27. The van der Waals surface area contributed by atoms with Crippen LogP contribution in [0.4, 0.5) is 0 Å². The van der Waals surface area contributed by atoms with E-state index in [4.69, 9.17) is 5.26 Å². The summed E-state index contributed by atoms with van der Waals surface area (Å²) in [7, 11) is -4.27. The number of rotatable bonds is 2. The Morgan fingerprint density at radius 3 is 2.50 bits per heavy atom. The maximum Gasteiger partial charge on any atom is 0.278 e. The first-order chi connectivity index (χ1) is 10.3. The Bertz CT molecular complexity index is 650. The van der Waals surface area contributed by atoms with Gasteiger partial charge in [-0.15, -0.1) is 0 Å². The molecule has 120 valence electrons. The van der Waals surface area contributed by atoms with E-state index >= 15 is 0 Å². The number of aryl methyl sites for hydroxylation is 1. The first kappa shape index (κ1) is 18.1. The van der Waals surface area contributed by atoms with Crippen LogP contribution in [0, 0.1) is 18.3 Å². The lowest BCUT2D eigenvalue weighted by atomic mass is 10.2. The molecule has 0 aromatic heterocycles. The smallest absolute Gasteiger partial charge is 0.278 e. The van der Waals surface area contributed by atoms with E-state index in [1.165, 1.54) is 12.1 Å². The van der Waals surface area contributed by atoms with Crippen LogP contribution >= 0.6 is 0 Å². The summed E-state index contributed by atoms with van der Waals surface area (Å²) in [6.07, 6.45) is 1.77. The van der Waals surface area contributed by atoms with E-state index in [9.17, 15) is 17.8 Å². The fourth-order valence-electron chi connectivity index (χ4n) is 2.05. The number of quaternary nitrogens is 1. The van der Waals surface area contributed by atoms with Crippen molar-refractivity contribution >= 4 is 16.0 Å². The van der Waals surface area contributed by atoms with Crippen molar-refractivity contribution in [2.45, 2.75) is 30.7 Å². The average Bonchev–Trinajstić information content (AvgIpc) is 2.95. The molecule has 1 saturated heterocycles. The molecule has 0 saturated carbocycles.